The summed E-state index contributed by atoms with van der Waals surface area (Å²) < 4.78 is 93.9. The van der Waals surface area contributed by atoms with Gasteiger partial charge in [0.05, 0.1) is 30.4 Å². The molecule has 0 N–H and O–H groups in total. The van der Waals surface area contributed by atoms with E-state index in [0.29, 0.717) is 0 Å². The number of rotatable bonds is 9. The standard InChI is InChI=1S/C7H16O9S3/c8-17(9,10)4-1-2-7(6-19(14,15)16)3-5-18(11,12)13/h7H,1-6H2,(H,8,9,10)(H,11,12,13)(H,14,15,16)/p-3/t7-/m0/s1. The molecule has 0 unspecified atom stereocenters. The van der Waals surface area contributed by atoms with Crippen LogP contribution in [-0.4, -0.2) is 56.2 Å². The molecule has 0 saturated heterocycles. The van der Waals surface area contributed by atoms with Crippen molar-refractivity contribution in [3.05, 3.63) is 0 Å². The van der Waals surface area contributed by atoms with Gasteiger partial charge in [0.15, 0.2) is 0 Å². The predicted octanol–water partition coefficient (Wildman–Crippen LogP) is -1.59. The van der Waals surface area contributed by atoms with Crippen molar-refractivity contribution in [2.75, 3.05) is 17.3 Å². The second-order valence-corrected chi connectivity index (χ2v) is 8.54. The summed E-state index contributed by atoms with van der Waals surface area (Å²) in [4.78, 5) is 0. The molecule has 0 rings (SSSR count). The molecule has 0 spiro atoms. The maximum absolute atomic E-state index is 10.6. The van der Waals surface area contributed by atoms with Crippen LogP contribution in [0.4, 0.5) is 0 Å². The number of hydrogen-bond donors (Lipinski definition) is 0. The molecule has 0 aliphatic rings. The van der Waals surface area contributed by atoms with E-state index in [-0.39, 0.29) is 19.3 Å². The molecule has 0 bridgehead atoms. The van der Waals surface area contributed by atoms with Crippen molar-refractivity contribution in [2.45, 2.75) is 19.3 Å². The average Bonchev–Trinajstić information content (AvgIpc) is 2.08. The lowest BCUT2D eigenvalue weighted by molar-refractivity contribution is 0.419. The molecule has 0 aromatic rings. The Morgan fingerprint density at radius 1 is 0.684 bits per heavy atom. The lowest BCUT2D eigenvalue weighted by Crippen LogP contribution is -2.20. The normalized spacial score (nSPS) is 15.3. The smallest absolute Gasteiger partial charge is 0.0948 e. The van der Waals surface area contributed by atoms with Crippen LogP contribution in [0.2, 0.25) is 0 Å². The Labute approximate surface area is 112 Å². The molecule has 0 radical (unpaired) electrons. The molecule has 116 valence electrons. The first-order valence-corrected chi connectivity index (χ1v) is 9.82. The van der Waals surface area contributed by atoms with Crippen molar-refractivity contribution >= 4 is 30.4 Å². The van der Waals surface area contributed by atoms with E-state index in [1.165, 1.54) is 0 Å². The van der Waals surface area contributed by atoms with Gasteiger partial charge in [-0.05, 0) is 25.2 Å². The van der Waals surface area contributed by atoms with Gasteiger partial charge in [-0.1, -0.05) is 0 Å². The largest absolute Gasteiger partial charge is 0.748 e. The average molecular weight is 337 g/mol. The first kappa shape index (κ1) is 18.7. The minimum atomic E-state index is -4.63. The van der Waals surface area contributed by atoms with Gasteiger partial charge in [-0.2, -0.15) is 0 Å². The molecule has 12 heteroatoms. The molecule has 0 fully saturated rings. The molecule has 1 atom stereocenters. The second kappa shape index (κ2) is 6.95. The zero-order chi connectivity index (χ0) is 15.3. The Morgan fingerprint density at radius 3 is 1.53 bits per heavy atom. The lowest BCUT2D eigenvalue weighted by atomic mass is 10.0. The van der Waals surface area contributed by atoms with Crippen molar-refractivity contribution in [1.82, 2.24) is 0 Å². The predicted molar refractivity (Wildman–Crippen MR) is 61.0 cm³/mol. The summed E-state index contributed by atoms with van der Waals surface area (Å²) in [6, 6.07) is 0. The van der Waals surface area contributed by atoms with Gasteiger partial charge in [0.1, 0.15) is 0 Å². The molecule has 0 heterocycles. The van der Waals surface area contributed by atoms with Gasteiger partial charge in [0.25, 0.3) is 0 Å². The molecule has 9 nitrogen and oxygen atoms in total. The summed E-state index contributed by atoms with van der Waals surface area (Å²) in [6.07, 6.45) is -0.713. The van der Waals surface area contributed by atoms with Crippen molar-refractivity contribution in [3.8, 4) is 0 Å². The Balaban J connectivity index is 4.51. The number of hydrogen-bond acceptors (Lipinski definition) is 9. The van der Waals surface area contributed by atoms with Gasteiger partial charge in [0.2, 0.25) is 0 Å². The Hall–Kier alpha value is -0.270. The quantitative estimate of drug-likeness (QED) is 0.449. The van der Waals surface area contributed by atoms with E-state index in [0.717, 1.165) is 0 Å². The van der Waals surface area contributed by atoms with Gasteiger partial charge < -0.3 is 13.7 Å². The van der Waals surface area contributed by atoms with Crippen LogP contribution in [0.1, 0.15) is 19.3 Å². The van der Waals surface area contributed by atoms with E-state index >= 15 is 0 Å². The highest BCUT2D eigenvalue weighted by Crippen LogP contribution is 2.15. The fourth-order valence-electron chi connectivity index (χ4n) is 1.46. The summed E-state index contributed by atoms with van der Waals surface area (Å²) in [6.45, 7) is 0. The zero-order valence-electron chi connectivity index (χ0n) is 9.72. The zero-order valence-corrected chi connectivity index (χ0v) is 12.2. The van der Waals surface area contributed by atoms with Crippen LogP contribution in [0.3, 0.4) is 0 Å². The van der Waals surface area contributed by atoms with E-state index in [9.17, 15) is 38.9 Å². The van der Waals surface area contributed by atoms with Gasteiger partial charge in [-0.15, -0.1) is 0 Å². The van der Waals surface area contributed by atoms with E-state index in [4.69, 9.17) is 0 Å². The molecular formula is C7H13O9S3-3. The SMILES string of the molecule is O=S(=O)([O-])CCC[C@@H](CCS(=O)(=O)[O-])CS(=O)(=O)[O-]. The summed E-state index contributed by atoms with van der Waals surface area (Å²) in [5.41, 5.74) is 0. The Bertz CT molecular complexity index is 571. The van der Waals surface area contributed by atoms with Crippen LogP contribution >= 0.6 is 0 Å². The van der Waals surface area contributed by atoms with E-state index in [2.05, 4.69) is 0 Å². The van der Waals surface area contributed by atoms with Crippen molar-refractivity contribution in [2.24, 2.45) is 5.92 Å². The maximum Gasteiger partial charge on any atom is 0.0948 e. The summed E-state index contributed by atoms with van der Waals surface area (Å²) in [7, 11) is -13.7. The van der Waals surface area contributed by atoms with Crippen LogP contribution in [0.15, 0.2) is 0 Å². The Kier molecular flexibility index (Phi) is 6.85. The fraction of sp³-hybridized carbons (Fsp3) is 1.00. The fourth-order valence-corrected chi connectivity index (χ4v) is 3.51. The van der Waals surface area contributed by atoms with E-state index in [1.54, 1.807) is 0 Å². The summed E-state index contributed by atoms with van der Waals surface area (Å²) in [5.74, 6) is -3.46. The highest BCUT2D eigenvalue weighted by molar-refractivity contribution is 7.86. The molecular weight excluding hydrogens is 324 g/mol. The molecule has 0 aliphatic carbocycles. The third-order valence-corrected chi connectivity index (χ3v) is 4.63. The topological polar surface area (TPSA) is 172 Å². The maximum atomic E-state index is 10.6. The molecule has 19 heavy (non-hydrogen) atoms. The summed E-state index contributed by atoms with van der Waals surface area (Å²) in [5, 5.41) is 0. The van der Waals surface area contributed by atoms with Crippen LogP contribution in [-0.2, 0) is 30.4 Å². The van der Waals surface area contributed by atoms with Gasteiger partial charge in [-0.25, -0.2) is 25.3 Å². The first-order chi connectivity index (χ1) is 8.29. The van der Waals surface area contributed by atoms with Gasteiger partial charge >= 0.3 is 0 Å². The lowest BCUT2D eigenvalue weighted by Gasteiger charge is -2.20. The summed E-state index contributed by atoms with van der Waals surface area (Å²) >= 11 is 0. The molecule has 0 saturated carbocycles. The van der Waals surface area contributed by atoms with Crippen LogP contribution in [0.5, 0.6) is 0 Å². The molecule has 0 aromatic heterocycles. The minimum absolute atomic E-state index is 0.140. The van der Waals surface area contributed by atoms with Gasteiger partial charge in [-0.3, -0.25) is 0 Å². The van der Waals surface area contributed by atoms with Crippen molar-refractivity contribution < 1.29 is 38.9 Å². The minimum Gasteiger partial charge on any atom is -0.748 e. The third-order valence-electron chi connectivity index (χ3n) is 2.22. The van der Waals surface area contributed by atoms with Crippen molar-refractivity contribution in [1.29, 1.82) is 0 Å². The second-order valence-electron chi connectivity index (χ2n) is 4.04. The van der Waals surface area contributed by atoms with Crippen molar-refractivity contribution in [3.63, 3.8) is 0 Å². The van der Waals surface area contributed by atoms with Crippen LogP contribution < -0.4 is 0 Å². The van der Waals surface area contributed by atoms with E-state index in [1.807, 2.05) is 0 Å². The van der Waals surface area contributed by atoms with Crippen LogP contribution in [0, 0.1) is 5.92 Å². The first-order valence-electron chi connectivity index (χ1n) is 5.09. The van der Waals surface area contributed by atoms with E-state index < -0.39 is 53.5 Å². The molecule has 0 aliphatic heterocycles. The third kappa shape index (κ3) is 14.0. The molecule has 0 aromatic carbocycles. The molecule has 0 amide bonds. The highest BCUT2D eigenvalue weighted by atomic mass is 32.2. The van der Waals surface area contributed by atoms with Crippen LogP contribution in [0.25, 0.3) is 0 Å². The van der Waals surface area contributed by atoms with Gasteiger partial charge in [0, 0.05) is 17.3 Å². The Morgan fingerprint density at radius 2 is 1.16 bits per heavy atom. The monoisotopic (exact) mass is 337 g/mol. The highest BCUT2D eigenvalue weighted by Gasteiger charge is 2.14.